The second-order valence-electron chi connectivity index (χ2n) is 3.53. The molecule has 0 N–H and O–H groups in total. The molecule has 3 heteroatoms. The topological polar surface area (TPSA) is 23.8 Å². The zero-order valence-electron chi connectivity index (χ0n) is 8.90. The summed E-state index contributed by atoms with van der Waals surface area (Å²) in [6, 6.07) is 10.3. The van der Waals surface area contributed by atoms with Gasteiger partial charge in [0.25, 0.3) is 0 Å². The summed E-state index contributed by atoms with van der Waals surface area (Å²) in [5.74, 6) is 0.908. The zero-order chi connectivity index (χ0) is 11.5. The first-order chi connectivity index (χ1) is 7.74. The number of nitrogens with zero attached hydrogens (tertiary/aromatic N) is 1. The average molecular weight is 245 g/mol. The molecule has 0 bridgehead atoms. The molecule has 0 fully saturated rings. The van der Waals surface area contributed by atoms with Gasteiger partial charge in [0.15, 0.2) is 0 Å². The predicted molar refractivity (Wildman–Crippen MR) is 73.2 cm³/mol. The van der Waals surface area contributed by atoms with E-state index >= 15 is 0 Å². The van der Waals surface area contributed by atoms with Gasteiger partial charge in [-0.1, -0.05) is 30.3 Å². The lowest BCUT2D eigenvalue weighted by atomic mass is 10.0. The fourth-order valence-electron chi connectivity index (χ4n) is 1.66. The van der Waals surface area contributed by atoms with Gasteiger partial charge in [0.1, 0.15) is 6.07 Å². The van der Waals surface area contributed by atoms with E-state index in [4.69, 9.17) is 0 Å². The molecule has 80 valence electrons. The van der Waals surface area contributed by atoms with Crippen LogP contribution in [0.5, 0.6) is 0 Å². The summed E-state index contributed by atoms with van der Waals surface area (Å²) in [5, 5.41) is 9.30. The molecular formula is C13H11NS2. The van der Waals surface area contributed by atoms with Crippen LogP contribution in [0.1, 0.15) is 11.1 Å². The standard InChI is InChI=1S/C13H11NS2/c1-9-4-2-3-5-10(9)11(8-14)13-12(15)6-7-16-13/h2-6,15H,7H2,1H3. The Bertz CT molecular complexity index is 521. The van der Waals surface area contributed by atoms with Crippen LogP contribution in [0.3, 0.4) is 0 Å². The van der Waals surface area contributed by atoms with Crippen LogP contribution in [0.15, 0.2) is 40.2 Å². The number of hydrogen-bond donors (Lipinski definition) is 1. The quantitative estimate of drug-likeness (QED) is 0.601. The lowest BCUT2D eigenvalue weighted by molar-refractivity contribution is 1.42. The first-order valence-corrected chi connectivity index (χ1v) is 6.40. The lowest BCUT2D eigenvalue weighted by Gasteiger charge is -2.07. The van der Waals surface area contributed by atoms with Gasteiger partial charge in [0, 0.05) is 15.6 Å². The molecule has 16 heavy (non-hydrogen) atoms. The molecule has 0 radical (unpaired) electrons. The molecule has 0 saturated carbocycles. The van der Waals surface area contributed by atoms with E-state index < -0.39 is 0 Å². The second kappa shape index (κ2) is 4.82. The molecular weight excluding hydrogens is 234 g/mol. The van der Waals surface area contributed by atoms with Crippen molar-refractivity contribution < 1.29 is 0 Å². The van der Waals surface area contributed by atoms with Crippen molar-refractivity contribution in [2.24, 2.45) is 0 Å². The largest absolute Gasteiger partial charge is 0.192 e. The van der Waals surface area contributed by atoms with Gasteiger partial charge >= 0.3 is 0 Å². The van der Waals surface area contributed by atoms with E-state index in [1.165, 1.54) is 0 Å². The highest BCUT2D eigenvalue weighted by atomic mass is 32.2. The van der Waals surface area contributed by atoms with Crippen molar-refractivity contribution in [3.8, 4) is 6.07 Å². The van der Waals surface area contributed by atoms with Crippen molar-refractivity contribution in [2.75, 3.05) is 5.75 Å². The Balaban J connectivity index is 2.58. The summed E-state index contributed by atoms with van der Waals surface area (Å²) in [4.78, 5) is 1.92. The van der Waals surface area contributed by atoms with Crippen LogP contribution < -0.4 is 0 Å². The van der Waals surface area contributed by atoms with Crippen molar-refractivity contribution in [1.82, 2.24) is 0 Å². The number of thioether (sulfide) groups is 1. The summed E-state index contributed by atoms with van der Waals surface area (Å²) < 4.78 is 0. The minimum atomic E-state index is 0.738. The first kappa shape index (κ1) is 11.4. The Labute approximate surface area is 105 Å². The number of thiol groups is 1. The maximum Gasteiger partial charge on any atom is 0.101 e. The maximum absolute atomic E-state index is 9.30. The molecule has 0 aromatic heterocycles. The fraction of sp³-hybridized carbons (Fsp3) is 0.154. The molecule has 0 unspecified atom stereocenters. The highest BCUT2D eigenvalue weighted by Crippen LogP contribution is 2.39. The van der Waals surface area contributed by atoms with Gasteiger partial charge in [-0.3, -0.25) is 0 Å². The van der Waals surface area contributed by atoms with Crippen LogP contribution in [0.25, 0.3) is 5.57 Å². The molecule has 0 amide bonds. The molecule has 1 aliphatic heterocycles. The third-order valence-electron chi connectivity index (χ3n) is 2.49. The summed E-state index contributed by atoms with van der Waals surface area (Å²) in [6.07, 6.45) is 2.04. The van der Waals surface area contributed by atoms with Crippen molar-refractivity contribution in [3.05, 3.63) is 51.3 Å². The van der Waals surface area contributed by atoms with E-state index in [-0.39, 0.29) is 0 Å². The number of benzene rings is 1. The van der Waals surface area contributed by atoms with Gasteiger partial charge in [-0.05, 0) is 18.1 Å². The van der Waals surface area contributed by atoms with E-state index in [0.717, 1.165) is 32.3 Å². The molecule has 0 aliphatic carbocycles. The van der Waals surface area contributed by atoms with Crippen molar-refractivity contribution in [1.29, 1.82) is 5.26 Å². The average Bonchev–Trinajstić information content (AvgIpc) is 2.69. The Morgan fingerprint density at radius 3 is 2.75 bits per heavy atom. The van der Waals surface area contributed by atoms with Crippen molar-refractivity contribution >= 4 is 30.0 Å². The highest BCUT2D eigenvalue weighted by molar-refractivity contribution is 8.05. The Morgan fingerprint density at radius 2 is 2.19 bits per heavy atom. The Kier molecular flexibility index (Phi) is 3.42. The lowest BCUT2D eigenvalue weighted by Crippen LogP contribution is -1.89. The molecule has 1 aromatic carbocycles. The smallest absolute Gasteiger partial charge is 0.101 e. The van der Waals surface area contributed by atoms with E-state index in [0.29, 0.717) is 0 Å². The van der Waals surface area contributed by atoms with E-state index in [1.54, 1.807) is 11.8 Å². The predicted octanol–water partition coefficient (Wildman–Crippen LogP) is 3.79. The van der Waals surface area contributed by atoms with E-state index in [1.807, 2.05) is 37.3 Å². The van der Waals surface area contributed by atoms with Gasteiger partial charge in [-0.25, -0.2) is 0 Å². The monoisotopic (exact) mass is 245 g/mol. The van der Waals surface area contributed by atoms with Gasteiger partial charge in [0.2, 0.25) is 0 Å². The number of aryl methyl sites for hydroxylation is 1. The normalized spacial score (nSPS) is 17.9. The molecule has 1 nitrogen and oxygen atoms in total. The van der Waals surface area contributed by atoms with Crippen molar-refractivity contribution in [3.63, 3.8) is 0 Å². The molecule has 0 spiro atoms. The SMILES string of the molecule is Cc1ccccc1C(C#N)=C1SCC=C1S. The highest BCUT2D eigenvalue weighted by Gasteiger charge is 2.16. The third-order valence-corrected chi connectivity index (χ3v) is 4.09. The van der Waals surface area contributed by atoms with E-state index in [2.05, 4.69) is 18.7 Å². The third kappa shape index (κ3) is 2.04. The number of rotatable bonds is 1. The first-order valence-electron chi connectivity index (χ1n) is 4.96. The van der Waals surface area contributed by atoms with Gasteiger partial charge in [0.05, 0.1) is 5.57 Å². The minimum absolute atomic E-state index is 0.738. The van der Waals surface area contributed by atoms with Crippen LogP contribution in [-0.4, -0.2) is 5.75 Å². The molecule has 1 aliphatic rings. The Morgan fingerprint density at radius 1 is 1.44 bits per heavy atom. The number of nitriles is 1. The van der Waals surface area contributed by atoms with E-state index in [9.17, 15) is 5.26 Å². The van der Waals surface area contributed by atoms with Gasteiger partial charge < -0.3 is 0 Å². The van der Waals surface area contributed by atoms with Crippen molar-refractivity contribution in [2.45, 2.75) is 6.92 Å². The van der Waals surface area contributed by atoms with Crippen LogP contribution in [0.2, 0.25) is 0 Å². The van der Waals surface area contributed by atoms with Crippen LogP contribution in [-0.2, 0) is 0 Å². The van der Waals surface area contributed by atoms with Crippen LogP contribution in [0.4, 0.5) is 0 Å². The van der Waals surface area contributed by atoms with Gasteiger partial charge in [-0.2, -0.15) is 5.26 Å². The molecule has 2 rings (SSSR count). The van der Waals surface area contributed by atoms with Crippen LogP contribution >= 0.6 is 24.4 Å². The number of hydrogen-bond acceptors (Lipinski definition) is 3. The fourth-order valence-corrected chi connectivity index (χ4v) is 3.13. The maximum atomic E-state index is 9.30. The Hall–Kier alpha value is -1.11. The zero-order valence-corrected chi connectivity index (χ0v) is 10.6. The molecule has 1 heterocycles. The minimum Gasteiger partial charge on any atom is -0.192 e. The summed E-state index contributed by atoms with van der Waals surface area (Å²) >= 11 is 6.07. The summed E-state index contributed by atoms with van der Waals surface area (Å²) in [5.41, 5.74) is 2.87. The molecule has 0 saturated heterocycles. The molecule has 0 atom stereocenters. The molecule has 1 aromatic rings. The number of allylic oxidation sites excluding steroid dienone is 1. The summed E-state index contributed by atoms with van der Waals surface area (Å²) in [7, 11) is 0. The van der Waals surface area contributed by atoms with Gasteiger partial charge in [-0.15, -0.1) is 24.4 Å². The second-order valence-corrected chi connectivity index (χ2v) is 5.04. The van der Waals surface area contributed by atoms with Crippen LogP contribution in [0, 0.1) is 18.3 Å². The summed E-state index contributed by atoms with van der Waals surface area (Å²) in [6.45, 7) is 2.02.